The van der Waals surface area contributed by atoms with Crippen LogP contribution in [-0.2, 0) is 14.3 Å². The molecule has 2 unspecified atom stereocenters. The van der Waals surface area contributed by atoms with Crippen LogP contribution in [0.15, 0.2) is 12.2 Å². The van der Waals surface area contributed by atoms with Crippen LogP contribution in [0.2, 0.25) is 0 Å². The Hall–Kier alpha value is -0.320. The maximum atomic E-state index is 12.2. The van der Waals surface area contributed by atoms with E-state index >= 15 is 0 Å². The number of carboxylic acids is 1. The summed E-state index contributed by atoms with van der Waals surface area (Å²) in [6.07, 6.45) is 28.0. The molecule has 4 nitrogen and oxygen atoms in total. The van der Waals surface area contributed by atoms with Crippen molar-refractivity contribution < 1.29 is 49.0 Å². The minimum Gasteiger partial charge on any atom is -0.550 e. The Balaban J connectivity index is 0.0000102. The Morgan fingerprint density at radius 1 is 0.727 bits per heavy atom. The van der Waals surface area contributed by atoms with Gasteiger partial charge in [0, 0.05) is 11.9 Å². The van der Waals surface area contributed by atoms with E-state index in [1.54, 1.807) is 0 Å². The second-order valence-corrected chi connectivity index (χ2v) is 9.63. The van der Waals surface area contributed by atoms with E-state index in [1.165, 1.54) is 89.9 Å². The van der Waals surface area contributed by atoms with E-state index in [0.29, 0.717) is 19.4 Å². The summed E-state index contributed by atoms with van der Waals surface area (Å²) in [6.45, 7) is 2.65. The smallest absolute Gasteiger partial charge is 0.550 e. The normalized spacial score (nSPS) is 18.2. The number of hydrogen-bond donors (Lipinski definition) is 0. The van der Waals surface area contributed by atoms with Crippen LogP contribution >= 0.6 is 0 Å². The molecule has 0 bridgehead atoms. The number of unbranched alkanes of at least 4 members (excludes halogenated alkanes) is 14. The third-order valence-electron chi connectivity index (χ3n) is 6.75. The molecule has 0 saturated heterocycles. The second-order valence-electron chi connectivity index (χ2n) is 9.63. The number of hydrogen-bond acceptors (Lipinski definition) is 4. The number of rotatable bonds is 20. The van der Waals surface area contributed by atoms with Gasteiger partial charge in [-0.2, -0.15) is 0 Å². The van der Waals surface area contributed by atoms with Gasteiger partial charge in [-0.1, -0.05) is 109 Å². The van der Waals surface area contributed by atoms with E-state index in [0.717, 1.165) is 25.7 Å². The molecule has 1 saturated carbocycles. The van der Waals surface area contributed by atoms with Crippen molar-refractivity contribution in [3.8, 4) is 0 Å². The van der Waals surface area contributed by atoms with Gasteiger partial charge in [-0.25, -0.2) is 0 Å². The number of aliphatic carboxylic acids is 1. The fraction of sp³-hybridized carbons (Fsp3) is 0.857. The summed E-state index contributed by atoms with van der Waals surface area (Å²) in [6, 6.07) is 0. The molecule has 33 heavy (non-hydrogen) atoms. The number of esters is 1. The molecule has 5 heteroatoms. The van der Waals surface area contributed by atoms with Gasteiger partial charge in [0.25, 0.3) is 0 Å². The summed E-state index contributed by atoms with van der Waals surface area (Å²) in [5.74, 6) is -2.59. The van der Waals surface area contributed by atoms with Crippen LogP contribution in [0, 0.1) is 11.8 Å². The Morgan fingerprint density at radius 2 is 1.18 bits per heavy atom. The number of ether oxygens (including phenoxy) is 1. The van der Waals surface area contributed by atoms with Gasteiger partial charge < -0.3 is 14.6 Å². The van der Waals surface area contributed by atoms with Crippen LogP contribution in [0.1, 0.15) is 135 Å². The van der Waals surface area contributed by atoms with Crippen LogP contribution in [0.5, 0.6) is 0 Å². The van der Waals surface area contributed by atoms with Gasteiger partial charge in [-0.05, 0) is 38.5 Å². The average Bonchev–Trinajstić information content (AvgIpc) is 2.80. The first-order valence-electron chi connectivity index (χ1n) is 13.7. The summed E-state index contributed by atoms with van der Waals surface area (Å²) in [7, 11) is 0. The van der Waals surface area contributed by atoms with E-state index in [1.807, 2.05) is 0 Å². The Bertz CT molecular complexity index is 506. The summed E-state index contributed by atoms with van der Waals surface area (Å²) in [5, 5.41) is 11.2. The van der Waals surface area contributed by atoms with Crippen LogP contribution in [-0.4, -0.2) is 18.5 Å². The van der Waals surface area contributed by atoms with Crippen molar-refractivity contribution in [3.05, 3.63) is 12.2 Å². The molecular weight excluding hydrogens is 423 g/mol. The molecule has 0 N–H and O–H groups in total. The maximum Gasteiger partial charge on any atom is 1.00 e. The SMILES string of the molecule is CCC/C=C/CCCCCCCCCCCCCCCOC(=O)C1CCCCC1C(=O)[O-].[Na+]. The van der Waals surface area contributed by atoms with Gasteiger partial charge in [-0.15, -0.1) is 0 Å². The average molecular weight is 473 g/mol. The van der Waals surface area contributed by atoms with Crippen molar-refractivity contribution >= 4 is 11.9 Å². The summed E-state index contributed by atoms with van der Waals surface area (Å²) >= 11 is 0. The molecule has 2 atom stereocenters. The Morgan fingerprint density at radius 3 is 1.70 bits per heavy atom. The number of carbonyl (C=O) groups excluding carboxylic acids is 2. The topological polar surface area (TPSA) is 66.4 Å². The molecule has 0 heterocycles. The predicted molar refractivity (Wildman–Crippen MR) is 130 cm³/mol. The molecule has 186 valence electrons. The molecular formula is C28H49NaO4. The molecule has 1 aliphatic rings. The maximum absolute atomic E-state index is 12.2. The van der Waals surface area contributed by atoms with Crippen molar-refractivity contribution in [2.24, 2.45) is 11.8 Å². The summed E-state index contributed by atoms with van der Waals surface area (Å²) < 4.78 is 5.36. The van der Waals surface area contributed by atoms with Crippen molar-refractivity contribution in [1.82, 2.24) is 0 Å². The van der Waals surface area contributed by atoms with Crippen molar-refractivity contribution in [2.75, 3.05) is 6.61 Å². The Labute approximate surface area is 226 Å². The van der Waals surface area contributed by atoms with Crippen LogP contribution in [0.25, 0.3) is 0 Å². The summed E-state index contributed by atoms with van der Waals surface area (Å²) in [5.41, 5.74) is 0. The molecule has 1 rings (SSSR count). The van der Waals surface area contributed by atoms with E-state index < -0.39 is 17.8 Å². The quantitative estimate of drug-likeness (QED) is 0.117. The largest absolute Gasteiger partial charge is 1.00 e. The van der Waals surface area contributed by atoms with Crippen LogP contribution < -0.4 is 34.7 Å². The van der Waals surface area contributed by atoms with Gasteiger partial charge in [-0.3, -0.25) is 4.79 Å². The van der Waals surface area contributed by atoms with Gasteiger partial charge in [0.2, 0.25) is 0 Å². The predicted octanol–water partition coefficient (Wildman–Crippen LogP) is 3.91. The fourth-order valence-corrected chi connectivity index (χ4v) is 4.69. The zero-order valence-corrected chi connectivity index (χ0v) is 23.8. The van der Waals surface area contributed by atoms with E-state index in [-0.39, 0.29) is 35.5 Å². The number of carbonyl (C=O) groups is 2. The van der Waals surface area contributed by atoms with Crippen LogP contribution in [0.3, 0.4) is 0 Å². The first-order valence-corrected chi connectivity index (χ1v) is 13.7. The number of allylic oxidation sites excluding steroid dienone is 2. The zero-order valence-electron chi connectivity index (χ0n) is 21.8. The minimum atomic E-state index is -1.10. The van der Waals surface area contributed by atoms with E-state index in [9.17, 15) is 14.7 Å². The monoisotopic (exact) mass is 472 g/mol. The van der Waals surface area contributed by atoms with Gasteiger partial charge in [0.1, 0.15) is 0 Å². The molecule has 1 fully saturated rings. The van der Waals surface area contributed by atoms with Gasteiger partial charge in [0.05, 0.1) is 12.5 Å². The molecule has 0 spiro atoms. The third kappa shape index (κ3) is 17.7. The summed E-state index contributed by atoms with van der Waals surface area (Å²) in [4.78, 5) is 23.4. The molecule has 0 aliphatic heterocycles. The van der Waals surface area contributed by atoms with Gasteiger partial charge >= 0.3 is 35.5 Å². The van der Waals surface area contributed by atoms with Crippen molar-refractivity contribution in [2.45, 2.75) is 135 Å². The standard InChI is InChI=1S/C28H50O4.Na/c1-2-3-4-5-6-7-8-9-10-11-12-13-14-15-16-17-18-21-24-32-28(31)26-23-20-19-22-25(26)27(29)30;/h4-5,25-26H,2-3,6-24H2,1H3,(H,29,30);/q;+1/p-1/b5-4+;. The van der Waals surface area contributed by atoms with Crippen molar-refractivity contribution in [3.63, 3.8) is 0 Å². The van der Waals surface area contributed by atoms with E-state index in [4.69, 9.17) is 4.74 Å². The molecule has 0 aromatic carbocycles. The van der Waals surface area contributed by atoms with Crippen molar-refractivity contribution in [1.29, 1.82) is 0 Å². The third-order valence-corrected chi connectivity index (χ3v) is 6.75. The van der Waals surface area contributed by atoms with E-state index in [2.05, 4.69) is 19.1 Å². The minimum absolute atomic E-state index is 0. The molecule has 1 aliphatic carbocycles. The zero-order chi connectivity index (χ0) is 23.3. The molecule has 0 amide bonds. The molecule has 0 aromatic rings. The van der Waals surface area contributed by atoms with Crippen LogP contribution in [0.4, 0.5) is 0 Å². The first-order chi connectivity index (χ1) is 15.7. The molecule has 0 aromatic heterocycles. The fourth-order valence-electron chi connectivity index (χ4n) is 4.69. The second kappa shape index (κ2) is 23.4. The first kappa shape index (κ1) is 32.7. The number of carboxylic acid groups (broad SMARTS) is 1. The Kier molecular flexibility index (Phi) is 23.2. The molecule has 0 radical (unpaired) electrons. The van der Waals surface area contributed by atoms with Gasteiger partial charge in [0.15, 0.2) is 0 Å².